The number of anilines is 1. The minimum Gasteiger partial charge on any atom is -0.491 e. The Kier molecular flexibility index (Phi) is 9.55. The van der Waals surface area contributed by atoms with Crippen molar-refractivity contribution in [3.05, 3.63) is 92.8 Å². The van der Waals surface area contributed by atoms with Crippen molar-refractivity contribution < 1.29 is 23.9 Å². The lowest BCUT2D eigenvalue weighted by Crippen LogP contribution is -2.32. The molecule has 0 aliphatic carbocycles. The zero-order valence-corrected chi connectivity index (χ0v) is 24.4. The van der Waals surface area contributed by atoms with Crippen LogP contribution in [-0.4, -0.2) is 41.7 Å². The third-order valence-electron chi connectivity index (χ3n) is 6.26. The second-order valence-electron chi connectivity index (χ2n) is 9.72. The molecule has 0 atom stereocenters. The zero-order valence-electron chi connectivity index (χ0n) is 22.8. The van der Waals surface area contributed by atoms with Gasteiger partial charge in [0.05, 0.1) is 11.4 Å². The topological polar surface area (TPSA) is 84.9 Å². The quantitative estimate of drug-likeness (QED) is 0.256. The number of carbonyl (C=O) groups is 3. The van der Waals surface area contributed by atoms with E-state index >= 15 is 0 Å². The molecule has 3 amide bonds. The molecule has 1 N–H and O–H groups in total. The number of benzene rings is 3. The van der Waals surface area contributed by atoms with Crippen LogP contribution >= 0.6 is 23.4 Å². The lowest BCUT2D eigenvalue weighted by molar-refractivity contribution is -0.123. The molecule has 7 nitrogen and oxygen atoms in total. The van der Waals surface area contributed by atoms with E-state index in [9.17, 15) is 14.4 Å². The van der Waals surface area contributed by atoms with E-state index in [1.54, 1.807) is 42.5 Å². The molecule has 1 saturated heterocycles. The Morgan fingerprint density at radius 2 is 1.80 bits per heavy atom. The fourth-order valence-electron chi connectivity index (χ4n) is 4.07. The maximum atomic E-state index is 13.1. The third kappa shape index (κ3) is 7.25. The highest BCUT2D eigenvalue weighted by Gasteiger charge is 2.35. The molecule has 0 saturated carbocycles. The van der Waals surface area contributed by atoms with Crippen molar-refractivity contribution in [3.63, 3.8) is 0 Å². The fourth-order valence-corrected chi connectivity index (χ4v) is 5.10. The van der Waals surface area contributed by atoms with Gasteiger partial charge in [0, 0.05) is 16.3 Å². The first-order chi connectivity index (χ1) is 19.1. The van der Waals surface area contributed by atoms with Gasteiger partial charge < -0.3 is 14.8 Å². The molecule has 1 fully saturated rings. The average molecular weight is 579 g/mol. The van der Waals surface area contributed by atoms with Crippen molar-refractivity contribution in [1.29, 1.82) is 0 Å². The van der Waals surface area contributed by atoms with Crippen molar-refractivity contribution >= 4 is 52.2 Å². The first-order valence-corrected chi connectivity index (χ1v) is 14.1. The molecule has 1 heterocycles. The number of ether oxygens (including phenoxy) is 2. The van der Waals surface area contributed by atoms with E-state index in [4.69, 9.17) is 21.1 Å². The minimum atomic E-state index is -0.393. The Balaban J connectivity index is 1.38. The van der Waals surface area contributed by atoms with Crippen LogP contribution in [0, 0.1) is 13.8 Å². The summed E-state index contributed by atoms with van der Waals surface area (Å²) >= 11 is 7.00. The summed E-state index contributed by atoms with van der Waals surface area (Å²) in [6, 6.07) is 18.3. The van der Waals surface area contributed by atoms with Crippen molar-refractivity contribution in [2.45, 2.75) is 33.6 Å². The molecule has 0 radical (unpaired) electrons. The average Bonchev–Trinajstić information content (AvgIpc) is 3.17. The van der Waals surface area contributed by atoms with Crippen molar-refractivity contribution in [2.24, 2.45) is 0 Å². The summed E-state index contributed by atoms with van der Waals surface area (Å²) in [7, 11) is 0. The van der Waals surface area contributed by atoms with Gasteiger partial charge in [0.15, 0.2) is 6.61 Å². The second kappa shape index (κ2) is 13.1. The van der Waals surface area contributed by atoms with Gasteiger partial charge in [-0.15, -0.1) is 0 Å². The lowest BCUT2D eigenvalue weighted by Gasteiger charge is -2.17. The molecule has 208 valence electrons. The minimum absolute atomic E-state index is 0.134. The molecule has 40 heavy (non-hydrogen) atoms. The smallest absolute Gasteiger partial charge is 0.293 e. The van der Waals surface area contributed by atoms with Crippen LogP contribution in [-0.2, 0) is 9.59 Å². The van der Waals surface area contributed by atoms with Crippen LogP contribution in [0.5, 0.6) is 11.5 Å². The van der Waals surface area contributed by atoms with Gasteiger partial charge in [-0.25, -0.2) is 0 Å². The summed E-state index contributed by atoms with van der Waals surface area (Å²) in [5, 5.41) is 2.95. The molecule has 1 aliphatic heterocycles. The Morgan fingerprint density at radius 3 is 2.55 bits per heavy atom. The summed E-state index contributed by atoms with van der Waals surface area (Å²) in [5.74, 6) is 0.707. The lowest BCUT2D eigenvalue weighted by atomic mass is 10.0. The summed E-state index contributed by atoms with van der Waals surface area (Å²) in [5.41, 5.74) is 4.21. The Labute approximate surface area is 243 Å². The first-order valence-electron chi connectivity index (χ1n) is 12.9. The van der Waals surface area contributed by atoms with Crippen LogP contribution in [0.1, 0.15) is 42.0 Å². The van der Waals surface area contributed by atoms with Crippen LogP contribution in [0.15, 0.2) is 65.6 Å². The maximum Gasteiger partial charge on any atom is 0.293 e. The number of rotatable bonds is 10. The second-order valence-corrected chi connectivity index (χ2v) is 11.1. The van der Waals surface area contributed by atoms with Crippen LogP contribution < -0.4 is 14.8 Å². The Hall–Kier alpha value is -3.75. The monoisotopic (exact) mass is 578 g/mol. The number of thioether (sulfide) groups is 1. The van der Waals surface area contributed by atoms with Gasteiger partial charge in [0.1, 0.15) is 18.1 Å². The van der Waals surface area contributed by atoms with E-state index in [1.807, 2.05) is 38.1 Å². The molecule has 0 bridgehead atoms. The number of carbonyl (C=O) groups excluding carboxylic acids is 3. The summed E-state index contributed by atoms with van der Waals surface area (Å²) in [4.78, 5) is 39.6. The highest BCUT2D eigenvalue weighted by molar-refractivity contribution is 8.18. The molecule has 1 aliphatic rings. The number of para-hydroxylation sites is 1. The Morgan fingerprint density at radius 1 is 1.02 bits per heavy atom. The molecule has 3 aromatic rings. The Bertz CT molecular complexity index is 1470. The first kappa shape index (κ1) is 29.2. The predicted octanol–water partition coefficient (Wildman–Crippen LogP) is 7.21. The largest absolute Gasteiger partial charge is 0.491 e. The number of halogens is 1. The van der Waals surface area contributed by atoms with Gasteiger partial charge in [-0.3, -0.25) is 19.3 Å². The van der Waals surface area contributed by atoms with Crippen LogP contribution in [0.25, 0.3) is 6.08 Å². The molecule has 0 aromatic heterocycles. The van der Waals surface area contributed by atoms with Crippen molar-refractivity contribution in [1.82, 2.24) is 4.90 Å². The molecule has 4 rings (SSSR count). The molecule has 0 unspecified atom stereocenters. The van der Waals surface area contributed by atoms with E-state index in [0.29, 0.717) is 22.0 Å². The standard InChI is InChI=1S/C31H31ClN2O5S/c1-19(2)24-12-9-20(3)15-27(24)38-14-13-34-30(36)28(40-31(34)37)16-22-7-5-6-8-26(22)39-18-29(35)33-23-11-10-21(4)25(32)17-23/h5-12,15-17,19H,13-14,18H2,1-4H3,(H,33,35)/b28-16-. The maximum absolute atomic E-state index is 13.1. The number of nitrogens with zero attached hydrogens (tertiary/aromatic N) is 1. The third-order valence-corrected chi connectivity index (χ3v) is 7.57. The van der Waals surface area contributed by atoms with Gasteiger partial charge in [-0.05, 0) is 78.6 Å². The number of hydrogen-bond acceptors (Lipinski definition) is 6. The normalized spacial score (nSPS) is 14.2. The van der Waals surface area contributed by atoms with E-state index < -0.39 is 5.91 Å². The van der Waals surface area contributed by atoms with E-state index in [2.05, 4.69) is 19.2 Å². The molecule has 0 spiro atoms. The van der Waals surface area contributed by atoms with E-state index in [0.717, 1.165) is 34.2 Å². The molecule has 3 aromatic carbocycles. The number of imide groups is 1. The number of hydrogen-bond donors (Lipinski definition) is 1. The van der Waals surface area contributed by atoms with Crippen LogP contribution in [0.4, 0.5) is 10.5 Å². The van der Waals surface area contributed by atoms with E-state index in [1.165, 1.54) is 4.90 Å². The highest BCUT2D eigenvalue weighted by Crippen LogP contribution is 2.34. The van der Waals surface area contributed by atoms with Crippen molar-refractivity contribution in [2.75, 3.05) is 25.1 Å². The summed E-state index contributed by atoms with van der Waals surface area (Å²) < 4.78 is 11.7. The van der Waals surface area contributed by atoms with Crippen molar-refractivity contribution in [3.8, 4) is 11.5 Å². The molecular weight excluding hydrogens is 548 g/mol. The summed E-state index contributed by atoms with van der Waals surface area (Å²) in [6.45, 7) is 8.13. The number of nitrogens with one attached hydrogen (secondary N) is 1. The van der Waals surface area contributed by atoms with Gasteiger partial charge in [-0.1, -0.05) is 61.8 Å². The van der Waals surface area contributed by atoms with E-state index in [-0.39, 0.29) is 41.7 Å². The van der Waals surface area contributed by atoms with Gasteiger partial charge in [0.2, 0.25) is 0 Å². The SMILES string of the molecule is Cc1ccc(C(C)C)c(OCCN2C(=O)S/C(=C\c3ccccc3OCC(=O)Nc3ccc(C)c(Cl)c3)C2=O)c1. The highest BCUT2D eigenvalue weighted by atomic mass is 35.5. The van der Waals surface area contributed by atoms with Gasteiger partial charge >= 0.3 is 0 Å². The number of aryl methyl sites for hydroxylation is 2. The molecular formula is C31H31ClN2O5S. The zero-order chi connectivity index (χ0) is 28.8. The van der Waals surface area contributed by atoms with Gasteiger partial charge in [0.25, 0.3) is 17.1 Å². The predicted molar refractivity (Wildman–Crippen MR) is 160 cm³/mol. The van der Waals surface area contributed by atoms with Crippen LogP contribution in [0.2, 0.25) is 5.02 Å². The summed E-state index contributed by atoms with van der Waals surface area (Å²) in [6.07, 6.45) is 1.61. The number of amides is 3. The fraction of sp³-hybridized carbons (Fsp3) is 0.258. The van der Waals surface area contributed by atoms with Gasteiger partial charge in [-0.2, -0.15) is 0 Å². The van der Waals surface area contributed by atoms with Crippen LogP contribution in [0.3, 0.4) is 0 Å². The molecule has 9 heteroatoms.